The van der Waals surface area contributed by atoms with Gasteiger partial charge in [0.25, 0.3) is 0 Å². The molecule has 0 fully saturated rings. The lowest BCUT2D eigenvalue weighted by Crippen LogP contribution is -2.19. The van der Waals surface area contributed by atoms with E-state index in [9.17, 15) is 0 Å². The topological polar surface area (TPSA) is 69.6 Å². The van der Waals surface area contributed by atoms with Gasteiger partial charge in [-0.15, -0.1) is 6.58 Å². The van der Waals surface area contributed by atoms with E-state index in [4.69, 9.17) is 5.73 Å². The van der Waals surface area contributed by atoms with Gasteiger partial charge in [-0.05, 0) is 37.2 Å². The fourth-order valence-electron chi connectivity index (χ4n) is 3.57. The van der Waals surface area contributed by atoms with E-state index in [0.717, 1.165) is 37.8 Å². The predicted octanol–water partition coefficient (Wildman–Crippen LogP) is 4.57. The lowest BCUT2D eigenvalue weighted by molar-refractivity contribution is 0.325. The highest BCUT2D eigenvalue weighted by Crippen LogP contribution is 2.30. The summed E-state index contributed by atoms with van der Waals surface area (Å²) in [4.78, 5) is 13.0. The van der Waals surface area contributed by atoms with E-state index in [2.05, 4.69) is 63.4 Å². The van der Waals surface area contributed by atoms with Crippen molar-refractivity contribution >= 4 is 17.0 Å². The van der Waals surface area contributed by atoms with Gasteiger partial charge >= 0.3 is 0 Å². The molecule has 0 spiro atoms. The van der Waals surface area contributed by atoms with Gasteiger partial charge in [-0.1, -0.05) is 49.8 Å². The number of fused-ring (bicyclic) bond motifs is 1. The minimum atomic E-state index is 0.319. The quantitative estimate of drug-likeness (QED) is 0.453. The molecule has 3 aromatic rings. The number of unbranched alkanes of at least 4 members (excludes halogenated alkanes) is 2. The van der Waals surface area contributed by atoms with Crippen LogP contribution in [0.2, 0.25) is 0 Å². The number of hydrogen-bond acceptors (Lipinski definition) is 4. The third-order valence-electron chi connectivity index (χ3n) is 4.96. The van der Waals surface area contributed by atoms with E-state index in [0.29, 0.717) is 23.3 Å². The van der Waals surface area contributed by atoms with Crippen molar-refractivity contribution in [2.24, 2.45) is 5.92 Å². The number of benzene rings is 1. The fourth-order valence-corrected chi connectivity index (χ4v) is 3.57. The number of rotatable bonds is 9. The molecule has 2 heterocycles. The second-order valence-electron chi connectivity index (χ2n) is 6.89. The van der Waals surface area contributed by atoms with Gasteiger partial charge in [0.05, 0.1) is 6.33 Å². The molecule has 5 nitrogen and oxygen atoms in total. The molecule has 0 bridgehead atoms. The zero-order valence-electron chi connectivity index (χ0n) is 15.4. The van der Waals surface area contributed by atoms with Crippen LogP contribution in [0.15, 0.2) is 55.6 Å². The first-order chi connectivity index (χ1) is 12.7. The van der Waals surface area contributed by atoms with Crippen LogP contribution in [0.4, 0.5) is 5.82 Å². The SMILES string of the molecule is C=CCCCCC(C(C)Cc1ccccc1)n1cnc2c(N)ncnc21. The van der Waals surface area contributed by atoms with Gasteiger partial charge in [0.2, 0.25) is 0 Å². The monoisotopic (exact) mass is 349 g/mol. The summed E-state index contributed by atoms with van der Waals surface area (Å²) in [5.74, 6) is 0.893. The minimum absolute atomic E-state index is 0.319. The Labute approximate surface area is 155 Å². The Morgan fingerprint density at radius 1 is 1.15 bits per heavy atom. The highest BCUT2D eigenvalue weighted by atomic mass is 15.1. The Hall–Kier alpha value is -2.69. The van der Waals surface area contributed by atoms with Crippen LogP contribution in [-0.4, -0.2) is 19.5 Å². The average Bonchev–Trinajstić information content (AvgIpc) is 3.08. The summed E-state index contributed by atoms with van der Waals surface area (Å²) in [7, 11) is 0. The van der Waals surface area contributed by atoms with E-state index in [-0.39, 0.29) is 0 Å². The normalized spacial score (nSPS) is 13.6. The van der Waals surface area contributed by atoms with E-state index >= 15 is 0 Å². The van der Waals surface area contributed by atoms with Crippen molar-refractivity contribution in [1.82, 2.24) is 19.5 Å². The Balaban J connectivity index is 1.86. The lowest BCUT2D eigenvalue weighted by Gasteiger charge is -2.26. The Kier molecular flexibility index (Phi) is 6.00. The number of aromatic nitrogens is 4. The molecule has 0 saturated carbocycles. The molecule has 0 aliphatic rings. The molecule has 0 saturated heterocycles. The summed E-state index contributed by atoms with van der Waals surface area (Å²) < 4.78 is 2.19. The zero-order valence-corrected chi connectivity index (χ0v) is 15.4. The summed E-state index contributed by atoms with van der Waals surface area (Å²) in [5.41, 5.74) is 8.84. The number of allylic oxidation sites excluding steroid dienone is 1. The highest BCUT2D eigenvalue weighted by Gasteiger charge is 2.22. The summed E-state index contributed by atoms with van der Waals surface area (Å²) in [5, 5.41) is 0. The maximum absolute atomic E-state index is 5.97. The molecular formula is C21H27N5. The molecule has 26 heavy (non-hydrogen) atoms. The van der Waals surface area contributed by atoms with Crippen LogP contribution in [0, 0.1) is 5.92 Å². The largest absolute Gasteiger partial charge is 0.382 e. The molecule has 0 radical (unpaired) electrons. The van der Waals surface area contributed by atoms with Gasteiger partial charge in [0.15, 0.2) is 11.5 Å². The maximum Gasteiger partial charge on any atom is 0.165 e. The molecule has 1 aromatic carbocycles. The Morgan fingerprint density at radius 3 is 2.73 bits per heavy atom. The lowest BCUT2D eigenvalue weighted by atomic mass is 9.90. The van der Waals surface area contributed by atoms with Crippen LogP contribution in [0.3, 0.4) is 0 Å². The number of hydrogen-bond donors (Lipinski definition) is 1. The smallest absolute Gasteiger partial charge is 0.165 e. The second kappa shape index (κ2) is 8.61. The van der Waals surface area contributed by atoms with Crippen LogP contribution in [0.5, 0.6) is 0 Å². The first kappa shape index (κ1) is 18.1. The second-order valence-corrected chi connectivity index (χ2v) is 6.89. The minimum Gasteiger partial charge on any atom is -0.382 e. The average molecular weight is 349 g/mol. The van der Waals surface area contributed by atoms with E-state index in [1.807, 2.05) is 12.4 Å². The number of nitrogens with two attached hydrogens (primary N) is 1. The fraction of sp³-hybridized carbons (Fsp3) is 0.381. The van der Waals surface area contributed by atoms with Crippen LogP contribution >= 0.6 is 0 Å². The standard InChI is InChI=1S/C21H27N5/c1-3-4-5-9-12-18(16(2)13-17-10-7-6-8-11-17)26-15-25-19-20(22)23-14-24-21(19)26/h3,6-8,10-11,14-16,18H,1,4-5,9,12-13H2,2H3,(H2,22,23,24). The molecular weight excluding hydrogens is 322 g/mol. The molecule has 0 amide bonds. The molecule has 0 aliphatic carbocycles. The zero-order chi connectivity index (χ0) is 18.4. The van der Waals surface area contributed by atoms with Gasteiger partial charge in [0.1, 0.15) is 11.8 Å². The van der Waals surface area contributed by atoms with Crippen LogP contribution in [0.1, 0.15) is 44.2 Å². The Bertz CT molecular complexity index is 840. The molecule has 2 unspecified atom stereocenters. The van der Waals surface area contributed by atoms with Crippen LogP contribution in [-0.2, 0) is 6.42 Å². The van der Waals surface area contributed by atoms with Crippen molar-refractivity contribution in [2.75, 3.05) is 5.73 Å². The van der Waals surface area contributed by atoms with Crippen LogP contribution in [0.25, 0.3) is 11.2 Å². The van der Waals surface area contributed by atoms with Crippen molar-refractivity contribution in [3.05, 3.63) is 61.2 Å². The number of nitrogen functional groups attached to an aromatic ring is 1. The van der Waals surface area contributed by atoms with Gasteiger partial charge in [-0.3, -0.25) is 0 Å². The number of anilines is 1. The Morgan fingerprint density at radius 2 is 1.96 bits per heavy atom. The van der Waals surface area contributed by atoms with Crippen LogP contribution < -0.4 is 5.73 Å². The van der Waals surface area contributed by atoms with E-state index in [1.165, 1.54) is 11.9 Å². The molecule has 0 aliphatic heterocycles. The van der Waals surface area contributed by atoms with Gasteiger partial charge in [-0.25, -0.2) is 15.0 Å². The van der Waals surface area contributed by atoms with Crippen molar-refractivity contribution in [2.45, 2.75) is 45.1 Å². The molecule has 136 valence electrons. The highest BCUT2D eigenvalue weighted by molar-refractivity contribution is 5.81. The summed E-state index contributed by atoms with van der Waals surface area (Å²) in [6.45, 7) is 6.13. The third kappa shape index (κ3) is 4.10. The first-order valence-corrected chi connectivity index (χ1v) is 9.28. The maximum atomic E-state index is 5.97. The number of nitrogens with zero attached hydrogens (tertiary/aromatic N) is 4. The molecule has 5 heteroatoms. The third-order valence-corrected chi connectivity index (χ3v) is 4.96. The first-order valence-electron chi connectivity index (χ1n) is 9.28. The molecule has 3 rings (SSSR count). The molecule has 2 aromatic heterocycles. The van der Waals surface area contributed by atoms with E-state index in [1.54, 1.807) is 0 Å². The summed E-state index contributed by atoms with van der Waals surface area (Å²) in [6.07, 6.45) is 10.8. The summed E-state index contributed by atoms with van der Waals surface area (Å²) >= 11 is 0. The predicted molar refractivity (Wildman–Crippen MR) is 107 cm³/mol. The van der Waals surface area contributed by atoms with E-state index < -0.39 is 0 Å². The van der Waals surface area contributed by atoms with Gasteiger partial charge in [0, 0.05) is 6.04 Å². The summed E-state index contributed by atoms with van der Waals surface area (Å²) in [6, 6.07) is 11.0. The van der Waals surface area contributed by atoms with Crippen molar-refractivity contribution < 1.29 is 0 Å². The van der Waals surface area contributed by atoms with Crippen molar-refractivity contribution in [3.8, 4) is 0 Å². The molecule has 2 atom stereocenters. The molecule has 2 N–H and O–H groups in total. The number of imidazole rings is 1. The van der Waals surface area contributed by atoms with Gasteiger partial charge in [-0.2, -0.15) is 0 Å². The van der Waals surface area contributed by atoms with Crippen molar-refractivity contribution in [1.29, 1.82) is 0 Å². The van der Waals surface area contributed by atoms with Crippen molar-refractivity contribution in [3.63, 3.8) is 0 Å². The van der Waals surface area contributed by atoms with Gasteiger partial charge < -0.3 is 10.3 Å².